The second-order valence-electron chi connectivity index (χ2n) is 5.95. The van der Waals surface area contributed by atoms with Gasteiger partial charge in [-0.2, -0.15) is 0 Å². The van der Waals surface area contributed by atoms with Crippen LogP contribution in [0.3, 0.4) is 0 Å². The van der Waals surface area contributed by atoms with Crippen molar-refractivity contribution in [1.82, 2.24) is 0 Å². The van der Waals surface area contributed by atoms with Crippen LogP contribution < -0.4 is 0 Å². The average Bonchev–Trinajstić information content (AvgIpc) is 2.58. The number of carbonyl (C=O) groups is 1. The molecule has 7 nitrogen and oxygen atoms in total. The van der Waals surface area contributed by atoms with Gasteiger partial charge in [0.15, 0.2) is 0 Å². The minimum Gasteiger partial charge on any atom is -0.287 e. The van der Waals surface area contributed by atoms with Crippen molar-refractivity contribution in [1.29, 1.82) is 0 Å². The van der Waals surface area contributed by atoms with E-state index >= 15 is 0 Å². The molecule has 0 radical (unpaired) electrons. The van der Waals surface area contributed by atoms with Crippen LogP contribution in [0.4, 0.5) is 0 Å². The van der Waals surface area contributed by atoms with Gasteiger partial charge in [0.25, 0.3) is 6.29 Å². The molecule has 0 N–H and O–H groups in total. The molecule has 0 amide bonds. The Kier molecular flexibility index (Phi) is 12.9. The van der Waals surface area contributed by atoms with Gasteiger partial charge in [-0.3, -0.25) is 25.0 Å². The molecule has 0 aromatic carbocycles. The second-order valence-corrected chi connectivity index (χ2v) is 5.95. The van der Waals surface area contributed by atoms with Crippen molar-refractivity contribution in [3.63, 3.8) is 0 Å². The van der Waals surface area contributed by atoms with Crippen molar-refractivity contribution in [2.45, 2.75) is 83.2 Å². The van der Waals surface area contributed by atoms with Crippen LogP contribution in [0.15, 0.2) is 12.2 Å². The minimum absolute atomic E-state index is 0.190. The van der Waals surface area contributed by atoms with Gasteiger partial charge in [0, 0.05) is 12.8 Å². The second kappa shape index (κ2) is 14.1. The third-order valence-corrected chi connectivity index (χ3v) is 3.90. The van der Waals surface area contributed by atoms with Gasteiger partial charge in [0.2, 0.25) is 0 Å². The van der Waals surface area contributed by atoms with E-state index in [4.69, 9.17) is 0 Å². The van der Waals surface area contributed by atoms with Gasteiger partial charge in [-0.1, -0.05) is 57.1 Å². The number of hydrogen-bond acceptors (Lipinski definition) is 5. The Labute approximate surface area is 149 Å². The molecule has 25 heavy (non-hydrogen) atoms. The van der Waals surface area contributed by atoms with Gasteiger partial charge in [0.05, 0.1) is 6.42 Å². The number of allylic oxidation sites excluding steroid dienone is 2. The third kappa shape index (κ3) is 9.60. The molecular weight excluding hydrogens is 324 g/mol. The van der Waals surface area contributed by atoms with E-state index in [1.807, 2.05) is 6.08 Å². The number of unbranched alkanes of at least 4 members (excludes halogenated alkanes) is 7. The molecule has 7 heteroatoms. The fraction of sp³-hybridized carbons (Fsp3) is 0.722. The molecule has 0 bridgehead atoms. The highest BCUT2D eigenvalue weighted by Gasteiger charge is 2.55. The summed E-state index contributed by atoms with van der Waals surface area (Å²) in [6.45, 7) is 2.20. The number of rotatable bonds is 14. The Morgan fingerprint density at radius 2 is 1.56 bits per heavy atom. The summed E-state index contributed by atoms with van der Waals surface area (Å²) in [7, 11) is 0. The number of aldehydes is 1. The van der Waals surface area contributed by atoms with Crippen molar-refractivity contribution in [3.8, 4) is 11.8 Å². The van der Waals surface area contributed by atoms with Gasteiger partial charge < -0.3 is 0 Å². The summed E-state index contributed by atoms with van der Waals surface area (Å²) in [5.74, 6) is 6.14. The first kappa shape index (κ1) is 22.8. The zero-order chi connectivity index (χ0) is 19.0. The van der Waals surface area contributed by atoms with Crippen LogP contribution in [0.25, 0.3) is 0 Å². The van der Waals surface area contributed by atoms with Gasteiger partial charge in [-0.05, 0) is 19.3 Å². The quantitative estimate of drug-likeness (QED) is 0.0881. The number of nitro groups is 2. The van der Waals surface area contributed by atoms with Crippen LogP contribution in [0.2, 0.25) is 0 Å². The van der Waals surface area contributed by atoms with Crippen LogP contribution >= 0.6 is 0 Å². The zero-order valence-corrected chi connectivity index (χ0v) is 14.9. The SMILES string of the molecule is CCCCCCCCC#CCC=CCCCC(C=O)([N+](=O)[O-])[N+](=O)[O-]. The largest absolute Gasteiger partial charge is 0.512 e. The van der Waals surface area contributed by atoms with E-state index in [1.165, 1.54) is 32.1 Å². The van der Waals surface area contributed by atoms with E-state index in [0.29, 0.717) is 12.8 Å². The first-order chi connectivity index (χ1) is 12.0. The molecule has 0 heterocycles. The minimum atomic E-state index is -2.72. The first-order valence-electron chi connectivity index (χ1n) is 8.87. The van der Waals surface area contributed by atoms with Gasteiger partial charge in [0.1, 0.15) is 9.85 Å². The van der Waals surface area contributed by atoms with Crippen LogP contribution in [0, 0.1) is 32.1 Å². The van der Waals surface area contributed by atoms with Crippen LogP contribution in [0.5, 0.6) is 0 Å². The van der Waals surface area contributed by atoms with Gasteiger partial charge in [-0.25, -0.2) is 0 Å². The fourth-order valence-corrected chi connectivity index (χ4v) is 2.29. The predicted molar refractivity (Wildman–Crippen MR) is 96.2 cm³/mol. The van der Waals surface area contributed by atoms with Crippen LogP contribution in [0.1, 0.15) is 77.6 Å². The van der Waals surface area contributed by atoms with E-state index in [1.54, 1.807) is 6.08 Å². The Balaban J connectivity index is 3.87. The van der Waals surface area contributed by atoms with E-state index in [-0.39, 0.29) is 12.7 Å². The topological polar surface area (TPSA) is 103 Å². The summed E-state index contributed by atoms with van der Waals surface area (Å²) in [4.78, 5) is 30.0. The highest BCUT2D eigenvalue weighted by Crippen LogP contribution is 2.17. The maximum Gasteiger partial charge on any atom is 0.512 e. The van der Waals surface area contributed by atoms with Crippen molar-refractivity contribution in [2.75, 3.05) is 0 Å². The Bertz CT molecular complexity index is 491. The summed E-state index contributed by atoms with van der Waals surface area (Å²) in [5.41, 5.74) is -2.72. The van der Waals surface area contributed by atoms with Crippen molar-refractivity contribution < 1.29 is 14.6 Å². The zero-order valence-electron chi connectivity index (χ0n) is 14.9. The molecule has 0 aliphatic carbocycles. The van der Waals surface area contributed by atoms with Crippen LogP contribution in [-0.2, 0) is 4.79 Å². The molecule has 0 fully saturated rings. The molecule has 140 valence electrons. The normalized spacial score (nSPS) is 11.1. The highest BCUT2D eigenvalue weighted by atomic mass is 16.7. The lowest BCUT2D eigenvalue weighted by Gasteiger charge is -2.09. The monoisotopic (exact) mass is 352 g/mol. The molecule has 0 atom stereocenters. The molecule has 0 aliphatic rings. The number of carbonyl (C=O) groups excluding carboxylic acids is 1. The Morgan fingerprint density at radius 1 is 0.920 bits per heavy atom. The lowest BCUT2D eigenvalue weighted by Crippen LogP contribution is -2.47. The summed E-state index contributed by atoms with van der Waals surface area (Å²) in [5, 5.41) is 21.5. The molecule has 0 rings (SSSR count). The first-order valence-corrected chi connectivity index (χ1v) is 8.87. The maximum absolute atomic E-state index is 10.8. The van der Waals surface area contributed by atoms with Gasteiger partial charge >= 0.3 is 5.66 Å². The smallest absolute Gasteiger partial charge is 0.287 e. The van der Waals surface area contributed by atoms with Gasteiger partial charge in [-0.15, -0.1) is 5.92 Å². The standard InChI is InChI=1S/C18H28N2O5/c1-2-3-4-5-6-7-8-9-10-11-12-13-14-15-16-18(17-21,19(22)23)20(24)25/h12-13,17H,2-8,11,14-16H2,1H3. The van der Waals surface area contributed by atoms with Crippen LogP contribution in [-0.4, -0.2) is 21.8 Å². The molecule has 0 aromatic rings. The van der Waals surface area contributed by atoms with E-state index < -0.39 is 21.9 Å². The Morgan fingerprint density at radius 3 is 2.16 bits per heavy atom. The summed E-state index contributed by atoms with van der Waals surface area (Å²) >= 11 is 0. The third-order valence-electron chi connectivity index (χ3n) is 3.90. The summed E-state index contributed by atoms with van der Waals surface area (Å²) in [6.07, 6.45) is 12.6. The average molecular weight is 352 g/mol. The van der Waals surface area contributed by atoms with E-state index in [0.717, 1.165) is 12.8 Å². The van der Waals surface area contributed by atoms with Crippen molar-refractivity contribution >= 4 is 6.29 Å². The maximum atomic E-state index is 10.8. The van der Waals surface area contributed by atoms with Crippen molar-refractivity contribution in [2.24, 2.45) is 0 Å². The van der Waals surface area contributed by atoms with E-state index in [9.17, 15) is 25.0 Å². The highest BCUT2D eigenvalue weighted by molar-refractivity contribution is 5.59. The fourth-order valence-electron chi connectivity index (χ4n) is 2.29. The molecule has 0 saturated carbocycles. The number of nitrogens with zero attached hydrogens (tertiary/aromatic N) is 2. The number of hydrogen-bond donors (Lipinski definition) is 0. The lowest BCUT2D eigenvalue weighted by atomic mass is 10.1. The molecule has 0 unspecified atom stereocenters. The Hall–Kier alpha value is -2.23. The van der Waals surface area contributed by atoms with Crippen molar-refractivity contribution in [3.05, 3.63) is 32.4 Å². The molecule has 0 saturated heterocycles. The molecule has 0 aromatic heterocycles. The lowest BCUT2D eigenvalue weighted by molar-refractivity contribution is -0.774. The summed E-state index contributed by atoms with van der Waals surface area (Å²) < 4.78 is 0. The molecule has 0 spiro atoms. The summed E-state index contributed by atoms with van der Waals surface area (Å²) in [6, 6.07) is 0. The molecular formula is C18H28N2O5. The predicted octanol–water partition coefficient (Wildman–Crippen LogP) is 4.31. The molecule has 0 aliphatic heterocycles. The van der Waals surface area contributed by atoms with E-state index in [2.05, 4.69) is 18.8 Å².